The molecular weight excluding hydrogens is 243 g/mol. The van der Waals surface area contributed by atoms with E-state index in [0.717, 1.165) is 4.90 Å². The highest BCUT2D eigenvalue weighted by Gasteiger charge is 2.02. The number of hydrogen-bond donors (Lipinski definition) is 2. The summed E-state index contributed by atoms with van der Waals surface area (Å²) in [7, 11) is 0. The molecule has 0 aliphatic heterocycles. The molecule has 0 unspecified atom stereocenters. The fourth-order valence-electron chi connectivity index (χ4n) is 0.757. The lowest BCUT2D eigenvalue weighted by Gasteiger charge is -2.02. The third-order valence-corrected chi connectivity index (χ3v) is 3.15. The van der Waals surface area contributed by atoms with Crippen molar-refractivity contribution >= 4 is 40.9 Å². The number of nitrogens with two attached hydrogens (primary N) is 1. The third kappa shape index (κ3) is 3.38. The van der Waals surface area contributed by atoms with Crippen LogP contribution in [0.4, 0.5) is 0 Å². The van der Waals surface area contributed by atoms with Crippen molar-refractivity contribution in [1.29, 1.82) is 0 Å². The Morgan fingerprint density at radius 3 is 2.71 bits per heavy atom. The quantitative estimate of drug-likeness (QED) is 0.374. The minimum Gasteiger partial charge on any atom is -0.294 e. The number of carbonyl (C=O) groups excluding carboxylic acids is 1. The number of rotatable bonds is 3. The molecule has 6 heteroatoms. The summed E-state index contributed by atoms with van der Waals surface area (Å²) in [5, 5.41) is 0.976. The minimum absolute atomic E-state index is 0.235. The van der Waals surface area contributed by atoms with Crippen molar-refractivity contribution in [2.75, 3.05) is 5.75 Å². The molecule has 0 radical (unpaired) electrons. The molecule has 1 aromatic rings. The van der Waals surface area contributed by atoms with Gasteiger partial charge in [0.2, 0.25) is 5.91 Å². The van der Waals surface area contributed by atoms with Gasteiger partial charge in [0, 0.05) is 4.90 Å². The van der Waals surface area contributed by atoms with Crippen LogP contribution in [-0.4, -0.2) is 11.7 Å². The second-order valence-corrected chi connectivity index (χ2v) is 4.30. The van der Waals surface area contributed by atoms with E-state index in [1.54, 1.807) is 18.2 Å². The number of benzene rings is 1. The zero-order chi connectivity index (χ0) is 10.6. The maximum absolute atomic E-state index is 10.8. The Hall–Kier alpha value is -0.420. The molecule has 3 nitrogen and oxygen atoms in total. The molecule has 0 heterocycles. The maximum Gasteiger partial charge on any atom is 0.244 e. The summed E-state index contributed by atoms with van der Waals surface area (Å²) in [6.07, 6.45) is 0. The molecule has 0 spiro atoms. The Labute approximate surface area is 95.9 Å². The molecule has 0 saturated heterocycles. The van der Waals surface area contributed by atoms with Crippen LogP contribution in [-0.2, 0) is 4.79 Å². The summed E-state index contributed by atoms with van der Waals surface area (Å²) in [6, 6.07) is 5.19. The lowest BCUT2D eigenvalue weighted by atomic mass is 10.4. The topological polar surface area (TPSA) is 55.1 Å². The summed E-state index contributed by atoms with van der Waals surface area (Å²) in [5.74, 6) is 4.95. The van der Waals surface area contributed by atoms with Crippen molar-refractivity contribution < 1.29 is 4.79 Å². The fourth-order valence-corrected chi connectivity index (χ4v) is 1.87. The average molecular weight is 251 g/mol. The third-order valence-electron chi connectivity index (χ3n) is 1.42. The molecule has 0 aromatic heterocycles. The number of thioether (sulfide) groups is 1. The van der Waals surface area contributed by atoms with Gasteiger partial charge in [0.05, 0.1) is 15.8 Å². The normalized spacial score (nSPS) is 9.93. The number of halogens is 2. The molecular formula is C8H8Cl2N2OS. The van der Waals surface area contributed by atoms with Gasteiger partial charge >= 0.3 is 0 Å². The van der Waals surface area contributed by atoms with Gasteiger partial charge in [-0.15, -0.1) is 11.8 Å². The highest BCUT2D eigenvalue weighted by molar-refractivity contribution is 8.00. The summed E-state index contributed by atoms with van der Waals surface area (Å²) in [5.41, 5.74) is 2.04. The van der Waals surface area contributed by atoms with Gasteiger partial charge in [0.15, 0.2) is 0 Å². The summed E-state index contributed by atoms with van der Waals surface area (Å²) in [4.78, 5) is 11.7. The van der Waals surface area contributed by atoms with E-state index in [9.17, 15) is 4.79 Å². The van der Waals surface area contributed by atoms with E-state index in [1.165, 1.54) is 11.8 Å². The van der Waals surface area contributed by atoms with Crippen molar-refractivity contribution in [1.82, 2.24) is 5.43 Å². The second kappa shape index (κ2) is 5.46. The lowest BCUT2D eigenvalue weighted by molar-refractivity contribution is -0.118. The Bertz CT molecular complexity index is 346. The van der Waals surface area contributed by atoms with Crippen LogP contribution in [0.15, 0.2) is 23.1 Å². The maximum atomic E-state index is 10.8. The molecule has 14 heavy (non-hydrogen) atoms. The first-order chi connectivity index (χ1) is 6.63. The van der Waals surface area contributed by atoms with Crippen LogP contribution >= 0.6 is 35.0 Å². The van der Waals surface area contributed by atoms with Gasteiger partial charge in [-0.05, 0) is 18.2 Å². The Morgan fingerprint density at radius 2 is 2.14 bits per heavy atom. The molecule has 1 aromatic carbocycles. The Morgan fingerprint density at radius 1 is 1.43 bits per heavy atom. The van der Waals surface area contributed by atoms with Crippen LogP contribution in [0.1, 0.15) is 0 Å². The van der Waals surface area contributed by atoms with Gasteiger partial charge in [-0.1, -0.05) is 23.2 Å². The van der Waals surface area contributed by atoms with Gasteiger partial charge in [0.25, 0.3) is 0 Å². The summed E-state index contributed by atoms with van der Waals surface area (Å²) in [6.45, 7) is 0. The van der Waals surface area contributed by atoms with Crippen molar-refractivity contribution in [3.05, 3.63) is 28.2 Å². The molecule has 0 fully saturated rings. The zero-order valence-corrected chi connectivity index (χ0v) is 9.42. The molecule has 0 bridgehead atoms. The van der Waals surface area contributed by atoms with E-state index in [2.05, 4.69) is 0 Å². The minimum atomic E-state index is -0.235. The highest BCUT2D eigenvalue weighted by Crippen LogP contribution is 2.27. The van der Waals surface area contributed by atoms with Crippen molar-refractivity contribution in [3.63, 3.8) is 0 Å². The van der Waals surface area contributed by atoms with Gasteiger partial charge in [-0.25, -0.2) is 5.84 Å². The van der Waals surface area contributed by atoms with Crippen molar-refractivity contribution in [3.8, 4) is 0 Å². The average Bonchev–Trinajstić information content (AvgIpc) is 2.19. The van der Waals surface area contributed by atoms with E-state index in [0.29, 0.717) is 10.0 Å². The van der Waals surface area contributed by atoms with Crippen molar-refractivity contribution in [2.24, 2.45) is 5.84 Å². The van der Waals surface area contributed by atoms with Gasteiger partial charge < -0.3 is 0 Å². The Kier molecular flexibility index (Phi) is 4.54. The summed E-state index contributed by atoms with van der Waals surface area (Å²) < 4.78 is 0. The number of hydrazine groups is 1. The van der Waals surface area contributed by atoms with E-state index in [4.69, 9.17) is 29.0 Å². The number of carbonyl (C=O) groups is 1. The largest absolute Gasteiger partial charge is 0.294 e. The standard InChI is InChI=1S/C8H8Cl2N2OS/c9-6-2-1-5(3-7(6)10)14-4-8(13)12-11/h1-3H,4,11H2,(H,12,13). The van der Waals surface area contributed by atoms with E-state index >= 15 is 0 Å². The first-order valence-corrected chi connectivity index (χ1v) is 5.45. The Balaban J connectivity index is 2.60. The van der Waals surface area contributed by atoms with Crippen molar-refractivity contribution in [2.45, 2.75) is 4.90 Å². The van der Waals surface area contributed by atoms with E-state index < -0.39 is 0 Å². The first-order valence-electron chi connectivity index (χ1n) is 3.71. The predicted octanol–water partition coefficient (Wildman–Crippen LogP) is 2.08. The molecule has 0 atom stereocenters. The van der Waals surface area contributed by atoms with Gasteiger partial charge in [-0.3, -0.25) is 10.2 Å². The molecule has 0 aliphatic rings. The second-order valence-electron chi connectivity index (χ2n) is 2.43. The predicted molar refractivity (Wildman–Crippen MR) is 59.5 cm³/mol. The highest BCUT2D eigenvalue weighted by atomic mass is 35.5. The smallest absolute Gasteiger partial charge is 0.244 e. The fraction of sp³-hybridized carbons (Fsp3) is 0.125. The van der Waals surface area contributed by atoms with Gasteiger partial charge in [0.1, 0.15) is 0 Å². The van der Waals surface area contributed by atoms with Crippen LogP contribution in [0.5, 0.6) is 0 Å². The SMILES string of the molecule is NNC(=O)CSc1ccc(Cl)c(Cl)c1. The monoisotopic (exact) mass is 250 g/mol. The molecule has 0 aliphatic carbocycles. The van der Waals surface area contributed by atoms with E-state index in [1.807, 2.05) is 5.43 Å². The number of amides is 1. The molecule has 1 amide bonds. The van der Waals surface area contributed by atoms with Crippen LogP contribution in [0, 0.1) is 0 Å². The molecule has 76 valence electrons. The van der Waals surface area contributed by atoms with E-state index in [-0.39, 0.29) is 11.7 Å². The van der Waals surface area contributed by atoms with Gasteiger partial charge in [-0.2, -0.15) is 0 Å². The van der Waals surface area contributed by atoms with Crippen LogP contribution in [0.25, 0.3) is 0 Å². The van der Waals surface area contributed by atoms with Crippen LogP contribution < -0.4 is 11.3 Å². The first kappa shape index (κ1) is 11.7. The molecule has 3 N–H and O–H groups in total. The molecule has 1 rings (SSSR count). The number of nitrogens with one attached hydrogen (secondary N) is 1. The van der Waals surface area contributed by atoms with Crippen LogP contribution in [0.2, 0.25) is 10.0 Å². The molecule has 0 saturated carbocycles. The summed E-state index contributed by atoms with van der Waals surface area (Å²) >= 11 is 12.9. The lowest BCUT2D eigenvalue weighted by Crippen LogP contribution is -2.31. The number of hydrogen-bond acceptors (Lipinski definition) is 3. The van der Waals surface area contributed by atoms with Crippen LogP contribution in [0.3, 0.4) is 0 Å². The zero-order valence-electron chi connectivity index (χ0n) is 7.09.